The maximum absolute atomic E-state index is 11.6. The number of Topliss-reactive ketones (excluding diaryl/α,β-unsaturated/α-hetero) is 1. The van der Waals surface area contributed by atoms with Gasteiger partial charge in [0.25, 0.3) is 0 Å². The molecule has 0 fully saturated rings. The Hall–Kier alpha value is -1.35. The molecule has 0 heterocycles. The smallest absolute Gasteiger partial charge is 0.165 e. The zero-order chi connectivity index (χ0) is 10.3. The van der Waals surface area contributed by atoms with Gasteiger partial charge in [-0.15, -0.1) is 0 Å². The fourth-order valence-corrected chi connectivity index (χ4v) is 1.89. The minimum absolute atomic E-state index is 0.118. The molecule has 3 nitrogen and oxygen atoms in total. The Bertz CT molecular complexity index is 396. The molecule has 0 aromatic heterocycles. The molecule has 0 saturated carbocycles. The van der Waals surface area contributed by atoms with Gasteiger partial charge in [0.1, 0.15) is 5.75 Å². The molecule has 74 valence electrons. The van der Waals surface area contributed by atoms with E-state index in [1.54, 1.807) is 19.2 Å². The third kappa shape index (κ3) is 1.21. The molecule has 0 saturated heterocycles. The number of methoxy groups -OCH3 is 1. The van der Waals surface area contributed by atoms with Gasteiger partial charge in [-0.3, -0.25) is 4.79 Å². The first-order valence-corrected chi connectivity index (χ1v) is 4.55. The highest BCUT2D eigenvalue weighted by atomic mass is 16.5. The number of rotatable bonds is 1. The molecule has 0 radical (unpaired) electrons. The molecule has 1 aromatic carbocycles. The van der Waals surface area contributed by atoms with Gasteiger partial charge in [0.2, 0.25) is 0 Å². The average Bonchev–Trinajstić information content (AvgIpc) is 2.37. The van der Waals surface area contributed by atoms with E-state index < -0.39 is 5.54 Å². The summed E-state index contributed by atoms with van der Waals surface area (Å²) in [4.78, 5) is 11.6. The van der Waals surface area contributed by atoms with Crippen molar-refractivity contribution >= 4 is 5.78 Å². The van der Waals surface area contributed by atoms with E-state index in [0.717, 1.165) is 16.9 Å². The van der Waals surface area contributed by atoms with Gasteiger partial charge >= 0.3 is 0 Å². The minimum atomic E-state index is -0.541. The summed E-state index contributed by atoms with van der Waals surface area (Å²) in [5.41, 5.74) is 7.11. The van der Waals surface area contributed by atoms with Crippen molar-refractivity contribution in [3.63, 3.8) is 0 Å². The molecule has 0 aliphatic heterocycles. The van der Waals surface area contributed by atoms with Crippen molar-refractivity contribution in [1.82, 2.24) is 0 Å². The first kappa shape index (κ1) is 9.21. The topological polar surface area (TPSA) is 52.3 Å². The van der Waals surface area contributed by atoms with Crippen molar-refractivity contribution in [2.75, 3.05) is 7.11 Å². The third-order valence-electron chi connectivity index (χ3n) is 2.67. The Morgan fingerprint density at radius 1 is 1.50 bits per heavy atom. The van der Waals surface area contributed by atoms with Crippen LogP contribution in [0.4, 0.5) is 0 Å². The van der Waals surface area contributed by atoms with Crippen LogP contribution in [0, 0.1) is 0 Å². The summed E-state index contributed by atoms with van der Waals surface area (Å²) < 4.78 is 5.10. The van der Waals surface area contributed by atoms with Crippen LogP contribution >= 0.6 is 0 Å². The fourth-order valence-electron chi connectivity index (χ4n) is 1.89. The summed E-state index contributed by atoms with van der Waals surface area (Å²) in [5.74, 6) is 0.864. The Balaban J connectivity index is 2.59. The van der Waals surface area contributed by atoms with Crippen LogP contribution in [-0.2, 0) is 5.54 Å². The van der Waals surface area contributed by atoms with E-state index in [2.05, 4.69) is 0 Å². The molecule has 0 amide bonds. The second kappa shape index (κ2) is 2.82. The summed E-state index contributed by atoms with van der Waals surface area (Å²) in [6.45, 7) is 1.87. The standard InChI is InChI=1S/C11H13NO2/c1-11(12)6-10(13)8-4-3-7(14-2)5-9(8)11/h3-5H,6,12H2,1-2H3. The van der Waals surface area contributed by atoms with Crippen molar-refractivity contribution < 1.29 is 9.53 Å². The van der Waals surface area contributed by atoms with Gasteiger partial charge in [-0.05, 0) is 30.7 Å². The second-order valence-electron chi connectivity index (χ2n) is 3.93. The number of benzene rings is 1. The third-order valence-corrected chi connectivity index (χ3v) is 2.67. The predicted octanol–water partition coefficient (Wildman–Crippen LogP) is 1.46. The van der Waals surface area contributed by atoms with Gasteiger partial charge in [0, 0.05) is 17.5 Å². The molecular formula is C11H13NO2. The molecule has 2 N–H and O–H groups in total. The molecule has 1 atom stereocenters. The van der Waals surface area contributed by atoms with E-state index in [-0.39, 0.29) is 5.78 Å². The van der Waals surface area contributed by atoms with Crippen LogP contribution in [0.25, 0.3) is 0 Å². The van der Waals surface area contributed by atoms with Crippen LogP contribution < -0.4 is 10.5 Å². The first-order valence-electron chi connectivity index (χ1n) is 4.55. The van der Waals surface area contributed by atoms with Gasteiger partial charge in [0.15, 0.2) is 5.78 Å². The van der Waals surface area contributed by atoms with Crippen LogP contribution in [-0.4, -0.2) is 12.9 Å². The Labute approximate surface area is 82.9 Å². The number of fused-ring (bicyclic) bond motifs is 1. The number of nitrogens with two attached hydrogens (primary N) is 1. The highest BCUT2D eigenvalue weighted by Gasteiger charge is 2.36. The van der Waals surface area contributed by atoms with Gasteiger partial charge in [0.05, 0.1) is 7.11 Å². The quantitative estimate of drug-likeness (QED) is 0.731. The van der Waals surface area contributed by atoms with E-state index in [4.69, 9.17) is 10.5 Å². The summed E-state index contributed by atoms with van der Waals surface area (Å²) >= 11 is 0. The second-order valence-corrected chi connectivity index (χ2v) is 3.93. The summed E-state index contributed by atoms with van der Waals surface area (Å²) in [7, 11) is 1.60. The van der Waals surface area contributed by atoms with Crippen molar-refractivity contribution in [1.29, 1.82) is 0 Å². The van der Waals surface area contributed by atoms with E-state index in [0.29, 0.717) is 6.42 Å². The molecular weight excluding hydrogens is 178 g/mol. The summed E-state index contributed by atoms with van der Waals surface area (Å²) in [6, 6.07) is 5.42. The molecule has 1 aliphatic rings. The first-order chi connectivity index (χ1) is 6.54. The molecule has 0 spiro atoms. The lowest BCUT2D eigenvalue weighted by Gasteiger charge is -2.18. The van der Waals surface area contributed by atoms with Gasteiger partial charge < -0.3 is 10.5 Å². The SMILES string of the molecule is COc1ccc2c(c1)C(C)(N)CC2=O. The number of ketones is 1. The van der Waals surface area contributed by atoms with Crippen LogP contribution in [0.2, 0.25) is 0 Å². The number of ether oxygens (including phenoxy) is 1. The monoisotopic (exact) mass is 191 g/mol. The number of carbonyl (C=O) groups excluding carboxylic acids is 1. The zero-order valence-electron chi connectivity index (χ0n) is 8.33. The maximum atomic E-state index is 11.6. The lowest BCUT2D eigenvalue weighted by atomic mass is 9.95. The van der Waals surface area contributed by atoms with Crippen molar-refractivity contribution in [2.45, 2.75) is 18.9 Å². The number of carbonyl (C=O) groups is 1. The Kier molecular flexibility index (Phi) is 1.86. The van der Waals surface area contributed by atoms with Crippen LogP contribution in [0.1, 0.15) is 29.3 Å². The summed E-state index contributed by atoms with van der Waals surface area (Å²) in [6.07, 6.45) is 0.384. The van der Waals surface area contributed by atoms with E-state index in [1.807, 2.05) is 13.0 Å². The predicted molar refractivity (Wildman–Crippen MR) is 53.5 cm³/mol. The van der Waals surface area contributed by atoms with E-state index in [1.165, 1.54) is 0 Å². The van der Waals surface area contributed by atoms with Crippen LogP contribution in [0.5, 0.6) is 5.75 Å². The van der Waals surface area contributed by atoms with Gasteiger partial charge in [-0.1, -0.05) is 0 Å². The van der Waals surface area contributed by atoms with Gasteiger partial charge in [-0.2, -0.15) is 0 Å². The molecule has 2 rings (SSSR count). The van der Waals surface area contributed by atoms with Crippen molar-refractivity contribution in [2.24, 2.45) is 5.73 Å². The Morgan fingerprint density at radius 2 is 2.21 bits per heavy atom. The Morgan fingerprint density at radius 3 is 2.86 bits per heavy atom. The lowest BCUT2D eigenvalue weighted by molar-refractivity contribution is 0.0977. The summed E-state index contributed by atoms with van der Waals surface area (Å²) in [5, 5.41) is 0. The highest BCUT2D eigenvalue weighted by Crippen LogP contribution is 2.36. The largest absolute Gasteiger partial charge is 0.497 e. The van der Waals surface area contributed by atoms with Crippen molar-refractivity contribution in [3.8, 4) is 5.75 Å². The maximum Gasteiger partial charge on any atom is 0.165 e. The fraction of sp³-hybridized carbons (Fsp3) is 0.364. The number of hydrogen-bond donors (Lipinski definition) is 1. The van der Waals surface area contributed by atoms with E-state index >= 15 is 0 Å². The molecule has 3 heteroatoms. The molecule has 1 unspecified atom stereocenters. The van der Waals surface area contributed by atoms with Crippen molar-refractivity contribution in [3.05, 3.63) is 29.3 Å². The lowest BCUT2D eigenvalue weighted by Crippen LogP contribution is -2.30. The van der Waals surface area contributed by atoms with Crippen LogP contribution in [0.3, 0.4) is 0 Å². The highest BCUT2D eigenvalue weighted by molar-refractivity contribution is 6.02. The minimum Gasteiger partial charge on any atom is -0.497 e. The number of hydrogen-bond acceptors (Lipinski definition) is 3. The molecule has 1 aromatic rings. The molecule has 1 aliphatic carbocycles. The van der Waals surface area contributed by atoms with Crippen LogP contribution in [0.15, 0.2) is 18.2 Å². The average molecular weight is 191 g/mol. The van der Waals surface area contributed by atoms with E-state index in [9.17, 15) is 4.79 Å². The molecule has 14 heavy (non-hydrogen) atoms. The normalized spacial score (nSPS) is 24.9. The molecule has 0 bridgehead atoms. The van der Waals surface area contributed by atoms with Gasteiger partial charge in [-0.25, -0.2) is 0 Å². The zero-order valence-corrected chi connectivity index (χ0v) is 8.33.